The molecule has 1 aliphatic heterocycles. The average Bonchev–Trinajstić information content (AvgIpc) is 2.59. The van der Waals surface area contributed by atoms with Gasteiger partial charge in [0.15, 0.2) is 0 Å². The topological polar surface area (TPSA) is 31.9 Å². The fourth-order valence-electron chi connectivity index (χ4n) is 0.814. The van der Waals surface area contributed by atoms with Gasteiger partial charge in [0.25, 0.3) is 0 Å². The van der Waals surface area contributed by atoms with Crippen LogP contribution < -0.4 is 4.31 Å². The summed E-state index contributed by atoms with van der Waals surface area (Å²) in [4.78, 5) is 7.12. The van der Waals surface area contributed by atoms with Crippen molar-refractivity contribution in [2.75, 3.05) is 10.1 Å². The number of aromatic amines is 1. The Morgan fingerprint density at radius 2 is 2.70 bits per heavy atom. The molecule has 2 rings (SSSR count). The van der Waals surface area contributed by atoms with E-state index in [2.05, 4.69) is 16.0 Å². The van der Waals surface area contributed by atoms with Crippen molar-refractivity contribution in [3.05, 3.63) is 24.7 Å². The molecule has 10 heavy (non-hydrogen) atoms. The average molecular weight is 153 g/mol. The standard InChI is InChI=1S/C6H7N3S/c1-4-9(10-5-1)6-7-2-3-8-6/h1-4H,5H2,(H,7,8). The molecule has 4 heteroatoms. The molecule has 0 atom stereocenters. The van der Waals surface area contributed by atoms with Crippen molar-refractivity contribution in [3.63, 3.8) is 0 Å². The van der Waals surface area contributed by atoms with E-state index < -0.39 is 0 Å². The highest BCUT2D eigenvalue weighted by Gasteiger charge is 2.08. The van der Waals surface area contributed by atoms with Crippen molar-refractivity contribution in [1.82, 2.24) is 9.97 Å². The molecule has 52 valence electrons. The third-order valence-electron chi connectivity index (χ3n) is 1.24. The molecule has 1 aliphatic rings. The van der Waals surface area contributed by atoms with Crippen LogP contribution in [0.5, 0.6) is 0 Å². The van der Waals surface area contributed by atoms with E-state index in [1.165, 1.54) is 0 Å². The van der Waals surface area contributed by atoms with Crippen molar-refractivity contribution in [1.29, 1.82) is 0 Å². The number of imidazole rings is 1. The van der Waals surface area contributed by atoms with Gasteiger partial charge in [0.05, 0.1) is 0 Å². The zero-order valence-electron chi connectivity index (χ0n) is 5.32. The van der Waals surface area contributed by atoms with Crippen LogP contribution >= 0.6 is 11.9 Å². The maximum atomic E-state index is 4.10. The van der Waals surface area contributed by atoms with Crippen LogP contribution in [0.25, 0.3) is 0 Å². The lowest BCUT2D eigenvalue weighted by atomic mass is 10.7. The second kappa shape index (κ2) is 2.38. The second-order valence-electron chi connectivity index (χ2n) is 1.92. The zero-order chi connectivity index (χ0) is 6.81. The molecular formula is C6H7N3S. The summed E-state index contributed by atoms with van der Waals surface area (Å²) < 4.78 is 2.01. The predicted molar refractivity (Wildman–Crippen MR) is 42.7 cm³/mol. The Morgan fingerprint density at radius 1 is 1.70 bits per heavy atom. The van der Waals surface area contributed by atoms with Crippen LogP contribution in [0.15, 0.2) is 24.7 Å². The molecule has 0 saturated carbocycles. The normalized spacial score (nSPS) is 16.6. The number of nitrogens with one attached hydrogen (secondary N) is 1. The van der Waals surface area contributed by atoms with Gasteiger partial charge in [-0.3, -0.25) is 4.31 Å². The van der Waals surface area contributed by atoms with E-state index in [1.807, 2.05) is 16.7 Å². The minimum atomic E-state index is 0.902. The van der Waals surface area contributed by atoms with Gasteiger partial charge in [-0.25, -0.2) is 4.98 Å². The van der Waals surface area contributed by atoms with E-state index in [1.54, 1.807) is 18.1 Å². The van der Waals surface area contributed by atoms with E-state index in [4.69, 9.17) is 0 Å². The first kappa shape index (κ1) is 5.85. The van der Waals surface area contributed by atoms with Gasteiger partial charge < -0.3 is 4.98 Å². The lowest BCUT2D eigenvalue weighted by Crippen LogP contribution is -2.02. The molecule has 3 nitrogen and oxygen atoms in total. The molecule has 0 bridgehead atoms. The van der Waals surface area contributed by atoms with Crippen molar-refractivity contribution in [2.24, 2.45) is 0 Å². The van der Waals surface area contributed by atoms with Gasteiger partial charge >= 0.3 is 0 Å². The fraction of sp³-hybridized carbons (Fsp3) is 0.167. The number of hydrogen-bond acceptors (Lipinski definition) is 3. The molecule has 0 fully saturated rings. The number of anilines is 1. The maximum absolute atomic E-state index is 4.10. The van der Waals surface area contributed by atoms with E-state index in [0.717, 1.165) is 11.7 Å². The molecule has 0 aromatic carbocycles. The Morgan fingerprint density at radius 3 is 3.30 bits per heavy atom. The molecule has 0 saturated heterocycles. The highest BCUT2D eigenvalue weighted by Crippen LogP contribution is 2.22. The van der Waals surface area contributed by atoms with Crippen molar-refractivity contribution >= 4 is 17.9 Å². The number of hydrogen-bond donors (Lipinski definition) is 1. The van der Waals surface area contributed by atoms with Gasteiger partial charge in [0, 0.05) is 24.3 Å². The quantitative estimate of drug-likeness (QED) is 0.619. The van der Waals surface area contributed by atoms with Gasteiger partial charge in [-0.2, -0.15) is 0 Å². The summed E-state index contributed by atoms with van der Waals surface area (Å²) in [6.45, 7) is 0. The van der Waals surface area contributed by atoms with Crippen molar-refractivity contribution in [3.8, 4) is 0 Å². The van der Waals surface area contributed by atoms with Crippen LogP contribution in [0, 0.1) is 0 Å². The Kier molecular flexibility index (Phi) is 1.39. The maximum Gasteiger partial charge on any atom is 0.217 e. The molecule has 1 N–H and O–H groups in total. The first-order valence-corrected chi connectivity index (χ1v) is 3.99. The van der Waals surface area contributed by atoms with Gasteiger partial charge in [-0.15, -0.1) is 0 Å². The summed E-state index contributed by atoms with van der Waals surface area (Å²) in [6, 6.07) is 0. The molecule has 0 spiro atoms. The summed E-state index contributed by atoms with van der Waals surface area (Å²) in [6.07, 6.45) is 7.70. The summed E-state index contributed by atoms with van der Waals surface area (Å²) in [5, 5.41) is 0. The molecule has 0 amide bonds. The Bertz CT molecular complexity index is 229. The van der Waals surface area contributed by atoms with Crippen LogP contribution in [0.4, 0.5) is 5.95 Å². The lowest BCUT2D eigenvalue weighted by Gasteiger charge is -2.07. The summed E-state index contributed by atoms with van der Waals surface area (Å²) in [7, 11) is 0. The first-order valence-electron chi connectivity index (χ1n) is 3.05. The number of rotatable bonds is 1. The molecule has 1 aromatic heterocycles. The summed E-state index contributed by atoms with van der Waals surface area (Å²) >= 11 is 1.73. The van der Waals surface area contributed by atoms with Crippen LogP contribution in [0.3, 0.4) is 0 Å². The molecule has 1 aromatic rings. The number of nitrogens with zero attached hydrogens (tertiary/aromatic N) is 2. The third kappa shape index (κ3) is 0.903. The van der Waals surface area contributed by atoms with Crippen LogP contribution in [-0.2, 0) is 0 Å². The molecule has 0 unspecified atom stereocenters. The minimum absolute atomic E-state index is 0.902. The highest BCUT2D eigenvalue weighted by atomic mass is 32.2. The minimum Gasteiger partial charge on any atom is -0.330 e. The summed E-state index contributed by atoms with van der Waals surface area (Å²) in [5.74, 6) is 1.94. The number of H-pyrrole nitrogens is 1. The van der Waals surface area contributed by atoms with Gasteiger partial charge in [0.1, 0.15) is 0 Å². The first-order chi connectivity index (χ1) is 4.97. The zero-order valence-corrected chi connectivity index (χ0v) is 6.14. The monoisotopic (exact) mass is 153 g/mol. The molecular weight excluding hydrogens is 146 g/mol. The molecule has 0 aliphatic carbocycles. The van der Waals surface area contributed by atoms with E-state index in [-0.39, 0.29) is 0 Å². The fourth-order valence-corrected chi connectivity index (χ4v) is 1.54. The van der Waals surface area contributed by atoms with E-state index in [0.29, 0.717) is 0 Å². The van der Waals surface area contributed by atoms with Gasteiger partial charge in [0.2, 0.25) is 5.95 Å². The smallest absolute Gasteiger partial charge is 0.217 e. The Balaban J connectivity index is 2.20. The second-order valence-corrected chi connectivity index (χ2v) is 2.90. The lowest BCUT2D eigenvalue weighted by molar-refractivity contribution is 1.23. The summed E-state index contributed by atoms with van der Waals surface area (Å²) in [5.41, 5.74) is 0. The third-order valence-corrected chi connectivity index (χ3v) is 2.16. The highest BCUT2D eigenvalue weighted by molar-refractivity contribution is 8.01. The number of aromatic nitrogens is 2. The molecule has 0 radical (unpaired) electrons. The van der Waals surface area contributed by atoms with E-state index in [9.17, 15) is 0 Å². The van der Waals surface area contributed by atoms with Crippen molar-refractivity contribution in [2.45, 2.75) is 0 Å². The van der Waals surface area contributed by atoms with Crippen LogP contribution in [0.1, 0.15) is 0 Å². The molecule has 2 heterocycles. The van der Waals surface area contributed by atoms with Crippen molar-refractivity contribution < 1.29 is 0 Å². The Hall–Kier alpha value is -0.900. The van der Waals surface area contributed by atoms with Crippen LogP contribution in [-0.4, -0.2) is 15.7 Å². The van der Waals surface area contributed by atoms with E-state index >= 15 is 0 Å². The predicted octanol–water partition coefficient (Wildman–Crippen LogP) is 1.39. The largest absolute Gasteiger partial charge is 0.330 e. The van der Waals surface area contributed by atoms with Gasteiger partial charge in [-0.05, 0) is 11.9 Å². The Labute approximate surface area is 63.3 Å². The van der Waals surface area contributed by atoms with Gasteiger partial charge in [-0.1, -0.05) is 6.08 Å². The van der Waals surface area contributed by atoms with Crippen LogP contribution in [0.2, 0.25) is 0 Å². The SMILES string of the molecule is C1=CN(c2ncc[nH]2)SC1.